The van der Waals surface area contributed by atoms with E-state index in [0.29, 0.717) is 43.6 Å². The minimum atomic E-state index is 0.0316. The zero-order valence-corrected chi connectivity index (χ0v) is 11.2. The molecule has 0 spiro atoms. The van der Waals surface area contributed by atoms with Crippen molar-refractivity contribution in [2.45, 2.75) is 6.92 Å². The molecule has 0 aliphatic carbocycles. The molecule has 2 aromatic rings. The number of benzene rings is 1. The summed E-state index contributed by atoms with van der Waals surface area (Å²) in [7, 11) is 0. The number of hydrogen-bond acceptors (Lipinski definition) is 5. The smallest absolute Gasteiger partial charge is 0.254 e. The number of hydrogen-bond donors (Lipinski definition) is 0. The van der Waals surface area contributed by atoms with Crippen LogP contribution in [0.15, 0.2) is 28.8 Å². The highest BCUT2D eigenvalue weighted by molar-refractivity contribution is 5.94. The molecular formula is C14H15N3O3. The van der Waals surface area contributed by atoms with Crippen LogP contribution in [0.2, 0.25) is 0 Å². The summed E-state index contributed by atoms with van der Waals surface area (Å²) < 4.78 is 10.2. The number of aromatic nitrogens is 2. The fourth-order valence-electron chi connectivity index (χ4n) is 2.13. The van der Waals surface area contributed by atoms with Crippen molar-refractivity contribution in [2.24, 2.45) is 0 Å². The van der Waals surface area contributed by atoms with Crippen molar-refractivity contribution in [3.8, 4) is 11.4 Å². The van der Waals surface area contributed by atoms with E-state index in [9.17, 15) is 4.79 Å². The number of amides is 1. The molecule has 104 valence electrons. The maximum absolute atomic E-state index is 12.3. The van der Waals surface area contributed by atoms with Crippen LogP contribution < -0.4 is 0 Å². The first-order valence-corrected chi connectivity index (χ1v) is 6.52. The number of morpholine rings is 1. The van der Waals surface area contributed by atoms with Crippen LogP contribution in [0.4, 0.5) is 0 Å². The van der Waals surface area contributed by atoms with Gasteiger partial charge in [-0.05, 0) is 12.1 Å². The van der Waals surface area contributed by atoms with Crippen LogP contribution in [-0.2, 0) is 4.74 Å². The van der Waals surface area contributed by atoms with Crippen molar-refractivity contribution in [1.29, 1.82) is 0 Å². The number of ether oxygens (including phenoxy) is 1. The zero-order chi connectivity index (χ0) is 13.9. The van der Waals surface area contributed by atoms with Gasteiger partial charge in [0, 0.05) is 31.1 Å². The average Bonchev–Trinajstić information content (AvgIpc) is 2.94. The number of carbonyl (C=O) groups excluding carboxylic acids is 1. The first-order chi connectivity index (χ1) is 9.74. The molecule has 0 unspecified atom stereocenters. The van der Waals surface area contributed by atoms with E-state index in [1.165, 1.54) is 0 Å². The molecule has 3 rings (SSSR count). The summed E-state index contributed by atoms with van der Waals surface area (Å²) in [5, 5.41) is 3.85. The van der Waals surface area contributed by atoms with E-state index in [-0.39, 0.29) is 5.91 Å². The maximum atomic E-state index is 12.3. The molecule has 0 bridgehead atoms. The second-order valence-corrected chi connectivity index (χ2v) is 4.62. The van der Waals surface area contributed by atoms with E-state index in [4.69, 9.17) is 9.26 Å². The number of nitrogens with zero attached hydrogens (tertiary/aromatic N) is 3. The molecule has 0 atom stereocenters. The Bertz CT molecular complexity index is 600. The van der Waals surface area contributed by atoms with Gasteiger partial charge in [0.05, 0.1) is 13.2 Å². The van der Waals surface area contributed by atoms with Gasteiger partial charge in [0.15, 0.2) is 0 Å². The van der Waals surface area contributed by atoms with E-state index < -0.39 is 0 Å². The molecule has 1 amide bonds. The summed E-state index contributed by atoms with van der Waals surface area (Å²) in [4.78, 5) is 18.2. The third-order valence-electron chi connectivity index (χ3n) is 3.22. The van der Waals surface area contributed by atoms with Crippen molar-refractivity contribution in [3.05, 3.63) is 35.7 Å². The van der Waals surface area contributed by atoms with Gasteiger partial charge >= 0.3 is 0 Å². The Morgan fingerprint density at radius 1 is 1.20 bits per heavy atom. The van der Waals surface area contributed by atoms with Crippen molar-refractivity contribution in [3.63, 3.8) is 0 Å². The Balaban J connectivity index is 1.77. The SMILES string of the molecule is Cc1nc(-c2ccc(C(=O)N3CCOCC3)cc2)no1. The Labute approximate surface area is 116 Å². The maximum Gasteiger partial charge on any atom is 0.254 e. The molecule has 2 heterocycles. The summed E-state index contributed by atoms with van der Waals surface area (Å²) in [6, 6.07) is 7.24. The van der Waals surface area contributed by atoms with Crippen LogP contribution in [0.3, 0.4) is 0 Å². The average molecular weight is 273 g/mol. The second-order valence-electron chi connectivity index (χ2n) is 4.62. The molecule has 20 heavy (non-hydrogen) atoms. The molecule has 1 aliphatic heterocycles. The summed E-state index contributed by atoms with van der Waals surface area (Å²) in [6.07, 6.45) is 0. The van der Waals surface area contributed by atoms with E-state index in [2.05, 4.69) is 10.1 Å². The van der Waals surface area contributed by atoms with E-state index in [1.807, 2.05) is 12.1 Å². The van der Waals surface area contributed by atoms with Gasteiger partial charge in [0.25, 0.3) is 5.91 Å². The van der Waals surface area contributed by atoms with Gasteiger partial charge in [-0.2, -0.15) is 4.98 Å². The minimum Gasteiger partial charge on any atom is -0.378 e. The summed E-state index contributed by atoms with van der Waals surface area (Å²) >= 11 is 0. The van der Waals surface area contributed by atoms with Crippen LogP contribution in [0.25, 0.3) is 11.4 Å². The largest absolute Gasteiger partial charge is 0.378 e. The third-order valence-corrected chi connectivity index (χ3v) is 3.22. The lowest BCUT2D eigenvalue weighted by Crippen LogP contribution is -2.40. The second kappa shape index (κ2) is 5.42. The van der Waals surface area contributed by atoms with Crippen LogP contribution in [0.5, 0.6) is 0 Å². The molecular weight excluding hydrogens is 258 g/mol. The molecule has 1 saturated heterocycles. The Hall–Kier alpha value is -2.21. The molecule has 0 saturated carbocycles. The van der Waals surface area contributed by atoms with E-state index in [0.717, 1.165) is 5.56 Å². The summed E-state index contributed by atoms with van der Waals surface area (Å²) in [5.41, 5.74) is 1.50. The fourth-order valence-corrected chi connectivity index (χ4v) is 2.13. The van der Waals surface area contributed by atoms with Gasteiger partial charge in [0.2, 0.25) is 11.7 Å². The van der Waals surface area contributed by atoms with Crippen LogP contribution in [0, 0.1) is 6.92 Å². The summed E-state index contributed by atoms with van der Waals surface area (Å²) in [6.45, 7) is 4.24. The Morgan fingerprint density at radius 3 is 2.50 bits per heavy atom. The highest BCUT2D eigenvalue weighted by atomic mass is 16.5. The molecule has 6 heteroatoms. The highest BCUT2D eigenvalue weighted by Crippen LogP contribution is 2.17. The van der Waals surface area contributed by atoms with E-state index in [1.54, 1.807) is 24.0 Å². The molecule has 1 aromatic carbocycles. The number of carbonyl (C=O) groups is 1. The van der Waals surface area contributed by atoms with Crippen LogP contribution >= 0.6 is 0 Å². The molecule has 1 aliphatic rings. The summed E-state index contributed by atoms with van der Waals surface area (Å²) in [5.74, 6) is 1.09. The fraction of sp³-hybridized carbons (Fsp3) is 0.357. The standard InChI is InChI=1S/C14H15N3O3/c1-10-15-13(16-20-10)11-2-4-12(5-3-11)14(18)17-6-8-19-9-7-17/h2-5H,6-9H2,1H3. The Kier molecular flexibility index (Phi) is 3.47. The first-order valence-electron chi connectivity index (χ1n) is 6.52. The first kappa shape index (κ1) is 12.8. The molecule has 0 radical (unpaired) electrons. The normalized spacial score (nSPS) is 15.3. The van der Waals surface area contributed by atoms with Gasteiger partial charge in [-0.1, -0.05) is 17.3 Å². The molecule has 6 nitrogen and oxygen atoms in total. The monoisotopic (exact) mass is 273 g/mol. The van der Waals surface area contributed by atoms with Gasteiger partial charge in [0.1, 0.15) is 0 Å². The molecule has 1 aromatic heterocycles. The van der Waals surface area contributed by atoms with Gasteiger partial charge < -0.3 is 14.2 Å². The zero-order valence-electron chi connectivity index (χ0n) is 11.2. The molecule has 1 fully saturated rings. The van der Waals surface area contributed by atoms with Crippen molar-refractivity contribution in [2.75, 3.05) is 26.3 Å². The third kappa shape index (κ3) is 2.55. The van der Waals surface area contributed by atoms with Gasteiger partial charge in [-0.3, -0.25) is 4.79 Å². The van der Waals surface area contributed by atoms with Crippen LogP contribution in [-0.4, -0.2) is 47.3 Å². The predicted octanol–water partition coefficient (Wildman–Crippen LogP) is 1.52. The highest BCUT2D eigenvalue weighted by Gasteiger charge is 2.18. The quantitative estimate of drug-likeness (QED) is 0.829. The predicted molar refractivity (Wildman–Crippen MR) is 71.2 cm³/mol. The van der Waals surface area contributed by atoms with Crippen molar-refractivity contribution >= 4 is 5.91 Å². The minimum absolute atomic E-state index is 0.0316. The lowest BCUT2D eigenvalue weighted by molar-refractivity contribution is 0.0303. The van der Waals surface area contributed by atoms with Crippen molar-refractivity contribution in [1.82, 2.24) is 15.0 Å². The number of rotatable bonds is 2. The van der Waals surface area contributed by atoms with E-state index >= 15 is 0 Å². The lowest BCUT2D eigenvalue weighted by atomic mass is 10.1. The van der Waals surface area contributed by atoms with Gasteiger partial charge in [-0.15, -0.1) is 0 Å². The number of aryl methyl sites for hydroxylation is 1. The van der Waals surface area contributed by atoms with Gasteiger partial charge in [-0.25, -0.2) is 0 Å². The van der Waals surface area contributed by atoms with Crippen LogP contribution in [0.1, 0.15) is 16.2 Å². The molecule has 0 N–H and O–H groups in total. The lowest BCUT2D eigenvalue weighted by Gasteiger charge is -2.26. The van der Waals surface area contributed by atoms with Crippen molar-refractivity contribution < 1.29 is 14.1 Å². The Morgan fingerprint density at radius 2 is 1.90 bits per heavy atom. The topological polar surface area (TPSA) is 68.5 Å².